The average molecular weight is 332 g/mol. The molecule has 4 heteroatoms. The van der Waals surface area contributed by atoms with Crippen LogP contribution in [0.3, 0.4) is 0 Å². The highest BCUT2D eigenvalue weighted by atomic mass is 19.4. The Balaban J connectivity index is 2.11. The first kappa shape index (κ1) is 17.8. The van der Waals surface area contributed by atoms with Crippen molar-refractivity contribution in [1.82, 2.24) is 0 Å². The molecule has 2 rings (SSSR count). The minimum absolute atomic E-state index is 0.123. The van der Waals surface area contributed by atoms with Gasteiger partial charge in [0, 0.05) is 16.7 Å². The van der Waals surface area contributed by atoms with Gasteiger partial charge < -0.3 is 0 Å². The van der Waals surface area contributed by atoms with Crippen LogP contribution in [-0.4, -0.2) is 6.18 Å². The fraction of sp³-hybridized carbons (Fsp3) is 0.200. The van der Waals surface area contributed by atoms with Crippen molar-refractivity contribution in [2.75, 3.05) is 0 Å². The van der Waals surface area contributed by atoms with Gasteiger partial charge in [-0.05, 0) is 36.2 Å². The molecule has 0 fully saturated rings. The summed E-state index contributed by atoms with van der Waals surface area (Å²) in [4.78, 5) is 0. The standard InChI is InChI=1S/C20H16F4/c1-2-3-15-4-6-16(7-5-15)8-9-17-10-12-18(13-11-17)19(21)14-20(22,23)24/h4-7,10-14H,2-3H2,1H3/b19-14-. The lowest BCUT2D eigenvalue weighted by molar-refractivity contribution is -0.0798. The van der Waals surface area contributed by atoms with Crippen LogP contribution >= 0.6 is 0 Å². The van der Waals surface area contributed by atoms with Crippen LogP contribution in [-0.2, 0) is 6.42 Å². The maximum absolute atomic E-state index is 13.4. The molecule has 124 valence electrons. The van der Waals surface area contributed by atoms with Gasteiger partial charge in [-0.25, -0.2) is 4.39 Å². The van der Waals surface area contributed by atoms with Crippen LogP contribution in [0.15, 0.2) is 54.6 Å². The number of hydrogen-bond acceptors (Lipinski definition) is 0. The Bertz CT molecular complexity index is 755. The highest BCUT2D eigenvalue weighted by Crippen LogP contribution is 2.25. The Kier molecular flexibility index (Phi) is 5.81. The quantitative estimate of drug-likeness (QED) is 0.484. The van der Waals surface area contributed by atoms with Gasteiger partial charge in [-0.2, -0.15) is 13.2 Å². The number of aryl methyl sites for hydroxylation is 1. The van der Waals surface area contributed by atoms with Crippen molar-refractivity contribution in [1.29, 1.82) is 0 Å². The summed E-state index contributed by atoms with van der Waals surface area (Å²) in [6, 6.07) is 13.5. The second-order valence-electron chi connectivity index (χ2n) is 5.31. The Morgan fingerprint density at radius 3 is 1.88 bits per heavy atom. The van der Waals surface area contributed by atoms with Crippen LogP contribution < -0.4 is 0 Å². The summed E-state index contributed by atoms with van der Waals surface area (Å²) in [7, 11) is 0. The molecule has 0 saturated heterocycles. The lowest BCUT2D eigenvalue weighted by Gasteiger charge is -2.01. The van der Waals surface area contributed by atoms with E-state index in [1.165, 1.54) is 29.8 Å². The molecular formula is C20H16F4. The minimum atomic E-state index is -4.67. The minimum Gasteiger partial charge on any atom is -0.206 e. The Hall–Kier alpha value is -2.54. The van der Waals surface area contributed by atoms with Gasteiger partial charge in [0.25, 0.3) is 0 Å². The summed E-state index contributed by atoms with van der Waals surface area (Å²) >= 11 is 0. The number of rotatable bonds is 3. The normalized spacial score (nSPS) is 11.8. The van der Waals surface area contributed by atoms with E-state index in [4.69, 9.17) is 0 Å². The fourth-order valence-electron chi connectivity index (χ4n) is 2.13. The van der Waals surface area contributed by atoms with Crippen LogP contribution in [0.2, 0.25) is 0 Å². The van der Waals surface area contributed by atoms with Crippen LogP contribution in [0.4, 0.5) is 17.6 Å². The van der Waals surface area contributed by atoms with Gasteiger partial charge in [0.2, 0.25) is 0 Å². The molecule has 0 N–H and O–H groups in total. The molecule has 24 heavy (non-hydrogen) atoms. The smallest absolute Gasteiger partial charge is 0.206 e. The Labute approximate surface area is 138 Å². The zero-order valence-electron chi connectivity index (χ0n) is 13.1. The third-order valence-corrected chi connectivity index (χ3v) is 3.29. The Morgan fingerprint density at radius 2 is 1.42 bits per heavy atom. The molecule has 0 radical (unpaired) electrons. The molecule has 0 aliphatic rings. The number of hydrogen-bond donors (Lipinski definition) is 0. The summed E-state index contributed by atoms with van der Waals surface area (Å²) in [5.41, 5.74) is 2.58. The number of halogens is 4. The third-order valence-electron chi connectivity index (χ3n) is 3.29. The van der Waals surface area contributed by atoms with Gasteiger partial charge >= 0.3 is 6.18 Å². The molecule has 0 aromatic heterocycles. The van der Waals surface area contributed by atoms with E-state index in [9.17, 15) is 17.6 Å². The summed E-state index contributed by atoms with van der Waals surface area (Å²) < 4.78 is 49.8. The molecule has 0 saturated carbocycles. The van der Waals surface area contributed by atoms with Gasteiger partial charge in [-0.1, -0.05) is 49.5 Å². The second-order valence-corrected chi connectivity index (χ2v) is 5.31. The first-order valence-electron chi connectivity index (χ1n) is 7.54. The molecule has 0 spiro atoms. The molecule has 0 amide bonds. The van der Waals surface area contributed by atoms with Crippen LogP contribution in [0, 0.1) is 11.8 Å². The maximum atomic E-state index is 13.4. The molecular weight excluding hydrogens is 316 g/mol. The molecule has 0 atom stereocenters. The van der Waals surface area contributed by atoms with Gasteiger partial charge in [-0.3, -0.25) is 0 Å². The van der Waals surface area contributed by atoms with Crippen LogP contribution in [0.1, 0.15) is 35.6 Å². The molecule has 0 heterocycles. The first-order valence-corrected chi connectivity index (χ1v) is 7.54. The van der Waals surface area contributed by atoms with E-state index in [2.05, 4.69) is 18.8 Å². The van der Waals surface area contributed by atoms with E-state index in [1.807, 2.05) is 24.3 Å². The summed E-state index contributed by atoms with van der Waals surface area (Å²) in [5, 5.41) is 0. The molecule has 2 aromatic rings. The highest BCUT2D eigenvalue weighted by molar-refractivity contribution is 5.60. The zero-order chi connectivity index (χ0) is 17.6. The van der Waals surface area contributed by atoms with E-state index >= 15 is 0 Å². The molecule has 0 nitrogen and oxygen atoms in total. The number of benzene rings is 2. The van der Waals surface area contributed by atoms with Crippen LogP contribution in [0.5, 0.6) is 0 Å². The van der Waals surface area contributed by atoms with Gasteiger partial charge in [0.05, 0.1) is 6.08 Å². The maximum Gasteiger partial charge on any atom is 0.412 e. The predicted octanol–water partition coefficient (Wildman–Crippen LogP) is 5.91. The lowest BCUT2D eigenvalue weighted by Crippen LogP contribution is -2.01. The van der Waals surface area contributed by atoms with E-state index < -0.39 is 12.0 Å². The monoisotopic (exact) mass is 332 g/mol. The molecule has 2 aromatic carbocycles. The predicted molar refractivity (Wildman–Crippen MR) is 88.0 cm³/mol. The van der Waals surface area contributed by atoms with Gasteiger partial charge in [0.1, 0.15) is 5.83 Å². The van der Waals surface area contributed by atoms with Crippen molar-refractivity contribution in [3.05, 3.63) is 76.9 Å². The summed E-state index contributed by atoms with van der Waals surface area (Å²) in [6.07, 6.45) is -2.93. The SMILES string of the molecule is CCCc1ccc(C#Cc2ccc(/C(F)=C/C(F)(F)F)cc2)cc1. The Morgan fingerprint density at radius 1 is 0.917 bits per heavy atom. The topological polar surface area (TPSA) is 0 Å². The van der Waals surface area contributed by atoms with Crippen molar-refractivity contribution in [2.45, 2.75) is 25.9 Å². The highest BCUT2D eigenvalue weighted by Gasteiger charge is 2.25. The zero-order valence-corrected chi connectivity index (χ0v) is 13.1. The first-order chi connectivity index (χ1) is 11.4. The fourth-order valence-corrected chi connectivity index (χ4v) is 2.13. The van der Waals surface area contributed by atoms with Crippen molar-refractivity contribution >= 4 is 5.83 Å². The van der Waals surface area contributed by atoms with Crippen molar-refractivity contribution in [3.63, 3.8) is 0 Å². The number of allylic oxidation sites excluding steroid dienone is 1. The van der Waals surface area contributed by atoms with Crippen molar-refractivity contribution in [3.8, 4) is 11.8 Å². The summed E-state index contributed by atoms with van der Waals surface area (Å²) in [6.45, 7) is 2.12. The van der Waals surface area contributed by atoms with Crippen molar-refractivity contribution in [2.24, 2.45) is 0 Å². The van der Waals surface area contributed by atoms with Crippen LogP contribution in [0.25, 0.3) is 5.83 Å². The molecule has 0 unspecified atom stereocenters. The van der Waals surface area contributed by atoms with E-state index in [1.54, 1.807) is 0 Å². The lowest BCUT2D eigenvalue weighted by atomic mass is 10.1. The average Bonchev–Trinajstić information content (AvgIpc) is 2.53. The number of alkyl halides is 3. The largest absolute Gasteiger partial charge is 0.412 e. The second kappa shape index (κ2) is 7.83. The molecule has 0 aliphatic heterocycles. The molecule has 0 bridgehead atoms. The third kappa shape index (κ3) is 5.58. The van der Waals surface area contributed by atoms with E-state index in [0.717, 1.165) is 18.4 Å². The van der Waals surface area contributed by atoms with Crippen molar-refractivity contribution < 1.29 is 17.6 Å². The summed E-state index contributed by atoms with van der Waals surface area (Å²) in [5.74, 6) is 4.58. The molecule has 0 aliphatic carbocycles. The van der Waals surface area contributed by atoms with E-state index in [-0.39, 0.29) is 11.6 Å². The van der Waals surface area contributed by atoms with E-state index in [0.29, 0.717) is 5.56 Å². The van der Waals surface area contributed by atoms with Gasteiger partial charge in [-0.15, -0.1) is 0 Å². The van der Waals surface area contributed by atoms with Gasteiger partial charge in [0.15, 0.2) is 0 Å².